The van der Waals surface area contributed by atoms with E-state index in [9.17, 15) is 9.90 Å². The molecule has 1 N–H and O–H groups in total. The van der Waals surface area contributed by atoms with Crippen LogP contribution in [0.25, 0.3) is 0 Å². The summed E-state index contributed by atoms with van der Waals surface area (Å²) in [6.45, 7) is 3.40. The van der Waals surface area contributed by atoms with E-state index in [4.69, 9.17) is 0 Å². The third-order valence-corrected chi connectivity index (χ3v) is 6.85. The normalized spacial score (nSPS) is 30.8. The Morgan fingerprint density at radius 1 is 1.04 bits per heavy atom. The Morgan fingerprint density at radius 3 is 2.42 bits per heavy atom. The zero-order chi connectivity index (χ0) is 18.0. The van der Waals surface area contributed by atoms with Crippen molar-refractivity contribution in [2.24, 2.45) is 5.92 Å². The highest BCUT2D eigenvalue weighted by Gasteiger charge is 2.47. The molecule has 1 aliphatic carbocycles. The van der Waals surface area contributed by atoms with Crippen LogP contribution in [0.3, 0.4) is 0 Å². The van der Waals surface area contributed by atoms with Crippen molar-refractivity contribution in [2.75, 3.05) is 26.2 Å². The van der Waals surface area contributed by atoms with Crippen molar-refractivity contribution in [3.8, 4) is 0 Å². The number of carbonyl (C=O) groups excluding carboxylic acids is 1. The van der Waals surface area contributed by atoms with Crippen LogP contribution in [0.2, 0.25) is 0 Å². The molecule has 1 aromatic rings. The number of hydrogen-bond acceptors (Lipinski definition) is 3. The predicted molar refractivity (Wildman–Crippen MR) is 103 cm³/mol. The minimum absolute atomic E-state index is 0.00804. The average Bonchev–Trinajstić information content (AvgIpc) is 3.37. The lowest BCUT2D eigenvalue weighted by Crippen LogP contribution is -2.61. The number of nitrogens with zero attached hydrogens (tertiary/aromatic N) is 2. The first-order valence-electron chi connectivity index (χ1n) is 10.5. The quantitative estimate of drug-likeness (QED) is 0.901. The van der Waals surface area contributed by atoms with Crippen LogP contribution >= 0.6 is 0 Å². The van der Waals surface area contributed by atoms with Gasteiger partial charge >= 0.3 is 0 Å². The van der Waals surface area contributed by atoms with Crippen LogP contribution in [0.4, 0.5) is 0 Å². The van der Waals surface area contributed by atoms with Gasteiger partial charge in [0.1, 0.15) is 5.60 Å². The van der Waals surface area contributed by atoms with Gasteiger partial charge in [-0.1, -0.05) is 43.2 Å². The third-order valence-electron chi connectivity index (χ3n) is 6.85. The zero-order valence-corrected chi connectivity index (χ0v) is 15.8. The van der Waals surface area contributed by atoms with Gasteiger partial charge in [0.05, 0.1) is 6.04 Å². The Balaban J connectivity index is 1.52. The summed E-state index contributed by atoms with van der Waals surface area (Å²) >= 11 is 0. The third kappa shape index (κ3) is 3.54. The Hall–Kier alpha value is -1.39. The van der Waals surface area contributed by atoms with Gasteiger partial charge in [-0.2, -0.15) is 0 Å². The standard InChI is InChI=1S/C22H32N2O2/c25-21(16-18-8-4-5-9-18)24-15-12-22(26,19-10-2-1-3-11-19)20(17-24)23-13-6-7-14-23/h1-3,10-11,18,20,26H,4-9,12-17H2. The topological polar surface area (TPSA) is 43.8 Å². The number of amides is 1. The van der Waals surface area contributed by atoms with Crippen molar-refractivity contribution >= 4 is 5.91 Å². The Kier molecular flexibility index (Phi) is 5.32. The Labute approximate surface area is 157 Å². The number of carbonyl (C=O) groups is 1. The predicted octanol–water partition coefficient (Wildman–Crippen LogP) is 3.15. The second kappa shape index (κ2) is 7.69. The molecule has 4 nitrogen and oxygen atoms in total. The van der Waals surface area contributed by atoms with Crippen LogP contribution in [-0.2, 0) is 10.4 Å². The molecule has 4 heteroatoms. The average molecular weight is 357 g/mol. The van der Waals surface area contributed by atoms with Gasteiger partial charge in [-0.25, -0.2) is 0 Å². The fourth-order valence-corrected chi connectivity index (χ4v) is 5.27. The molecule has 2 unspecified atom stereocenters. The van der Waals surface area contributed by atoms with E-state index in [1.54, 1.807) is 0 Å². The highest BCUT2D eigenvalue weighted by Crippen LogP contribution is 2.38. The van der Waals surface area contributed by atoms with Gasteiger partial charge in [0.25, 0.3) is 0 Å². The number of benzene rings is 1. The van der Waals surface area contributed by atoms with E-state index in [1.165, 1.54) is 38.5 Å². The van der Waals surface area contributed by atoms with Gasteiger partial charge in [0.15, 0.2) is 0 Å². The Bertz CT molecular complexity index is 608. The lowest BCUT2D eigenvalue weighted by Gasteiger charge is -2.48. The van der Waals surface area contributed by atoms with Crippen molar-refractivity contribution in [3.63, 3.8) is 0 Å². The molecule has 26 heavy (non-hydrogen) atoms. The second-order valence-corrected chi connectivity index (χ2v) is 8.49. The first kappa shape index (κ1) is 18.0. The van der Waals surface area contributed by atoms with E-state index in [0.717, 1.165) is 18.7 Å². The lowest BCUT2D eigenvalue weighted by atomic mass is 9.79. The van der Waals surface area contributed by atoms with Gasteiger partial charge in [-0.05, 0) is 56.7 Å². The molecule has 1 aromatic carbocycles. The summed E-state index contributed by atoms with van der Waals surface area (Å²) in [5.74, 6) is 0.888. The summed E-state index contributed by atoms with van der Waals surface area (Å²) in [7, 11) is 0. The van der Waals surface area contributed by atoms with Gasteiger partial charge in [0.2, 0.25) is 5.91 Å². The molecule has 142 valence electrons. The smallest absolute Gasteiger partial charge is 0.222 e. The van der Waals surface area contributed by atoms with Crippen LogP contribution in [0.5, 0.6) is 0 Å². The molecule has 2 atom stereocenters. The Morgan fingerprint density at radius 2 is 1.73 bits per heavy atom. The molecular formula is C22H32N2O2. The van der Waals surface area contributed by atoms with Crippen molar-refractivity contribution in [2.45, 2.75) is 63.0 Å². The monoisotopic (exact) mass is 356 g/mol. The van der Waals surface area contributed by atoms with Crippen LogP contribution in [0.15, 0.2) is 30.3 Å². The van der Waals surface area contributed by atoms with E-state index in [-0.39, 0.29) is 6.04 Å². The largest absolute Gasteiger partial charge is 0.383 e. The van der Waals surface area contributed by atoms with E-state index in [1.807, 2.05) is 35.2 Å². The van der Waals surface area contributed by atoms with E-state index < -0.39 is 5.60 Å². The molecule has 3 fully saturated rings. The molecule has 4 rings (SSSR count). The molecule has 3 aliphatic rings. The summed E-state index contributed by atoms with van der Waals surface area (Å²) in [4.78, 5) is 17.3. The van der Waals surface area contributed by atoms with Crippen LogP contribution < -0.4 is 0 Å². The number of piperidine rings is 1. The minimum Gasteiger partial charge on any atom is -0.383 e. The number of likely N-dealkylation sites (tertiary alicyclic amines) is 2. The minimum atomic E-state index is -0.851. The molecule has 2 saturated heterocycles. The molecule has 0 spiro atoms. The maximum absolute atomic E-state index is 12.9. The highest BCUT2D eigenvalue weighted by atomic mass is 16.3. The summed E-state index contributed by atoms with van der Waals surface area (Å²) in [6.07, 6.45) is 8.70. The first-order valence-corrected chi connectivity index (χ1v) is 10.5. The molecule has 2 aliphatic heterocycles. The second-order valence-electron chi connectivity index (χ2n) is 8.49. The van der Waals surface area contributed by atoms with Crippen molar-refractivity contribution in [1.82, 2.24) is 9.80 Å². The zero-order valence-electron chi connectivity index (χ0n) is 15.8. The number of hydrogen-bond donors (Lipinski definition) is 1. The molecule has 0 bridgehead atoms. The lowest BCUT2D eigenvalue weighted by molar-refractivity contribution is -0.144. The van der Waals surface area contributed by atoms with Crippen LogP contribution in [0.1, 0.15) is 56.9 Å². The summed E-state index contributed by atoms with van der Waals surface area (Å²) < 4.78 is 0. The van der Waals surface area contributed by atoms with Crippen LogP contribution in [-0.4, -0.2) is 53.0 Å². The van der Waals surface area contributed by atoms with Gasteiger partial charge < -0.3 is 10.0 Å². The van der Waals surface area contributed by atoms with Crippen molar-refractivity contribution < 1.29 is 9.90 Å². The maximum Gasteiger partial charge on any atom is 0.222 e. The van der Waals surface area contributed by atoms with Gasteiger partial charge in [-0.15, -0.1) is 0 Å². The molecule has 2 heterocycles. The first-order chi connectivity index (χ1) is 12.7. The van der Waals surface area contributed by atoms with E-state index >= 15 is 0 Å². The van der Waals surface area contributed by atoms with Gasteiger partial charge in [-0.3, -0.25) is 9.69 Å². The highest BCUT2D eigenvalue weighted by molar-refractivity contribution is 5.76. The summed E-state index contributed by atoms with van der Waals surface area (Å²) in [5, 5.41) is 11.7. The fourth-order valence-electron chi connectivity index (χ4n) is 5.27. The molecule has 1 amide bonds. The molecular weight excluding hydrogens is 324 g/mol. The van der Waals surface area contributed by atoms with Crippen molar-refractivity contribution in [3.05, 3.63) is 35.9 Å². The van der Waals surface area contributed by atoms with E-state index in [2.05, 4.69) is 4.90 Å². The maximum atomic E-state index is 12.9. The summed E-state index contributed by atoms with van der Waals surface area (Å²) in [5.41, 5.74) is 0.148. The number of aliphatic hydroxyl groups is 1. The molecule has 0 radical (unpaired) electrons. The van der Waals surface area contributed by atoms with E-state index in [0.29, 0.717) is 37.8 Å². The van der Waals surface area contributed by atoms with Crippen LogP contribution in [0, 0.1) is 5.92 Å². The SMILES string of the molecule is O=C(CC1CCCC1)N1CCC(O)(c2ccccc2)C(N2CCCC2)C1. The fraction of sp³-hybridized carbons (Fsp3) is 0.682. The summed E-state index contributed by atoms with van der Waals surface area (Å²) in [6, 6.07) is 10.1. The van der Waals surface area contributed by atoms with Crippen molar-refractivity contribution in [1.29, 1.82) is 0 Å². The molecule has 0 aromatic heterocycles. The number of rotatable bonds is 4. The molecule has 1 saturated carbocycles. The van der Waals surface area contributed by atoms with Gasteiger partial charge in [0, 0.05) is 19.5 Å².